The van der Waals surface area contributed by atoms with Crippen LogP contribution >= 0.6 is 0 Å². The molecule has 0 radical (unpaired) electrons. The monoisotopic (exact) mass is 417 g/mol. The average molecular weight is 418 g/mol. The fourth-order valence-corrected chi connectivity index (χ4v) is 4.95. The van der Waals surface area contributed by atoms with Crippen LogP contribution in [0, 0.1) is 11.3 Å². The number of aromatic nitrogens is 1. The van der Waals surface area contributed by atoms with E-state index in [9.17, 15) is 0 Å². The van der Waals surface area contributed by atoms with Crippen LogP contribution in [0.15, 0.2) is 54.6 Å². The third-order valence-electron chi connectivity index (χ3n) is 6.71. The van der Waals surface area contributed by atoms with Gasteiger partial charge in [0.25, 0.3) is 0 Å². The third kappa shape index (κ3) is 4.31. The van der Waals surface area contributed by atoms with Crippen LogP contribution < -0.4 is 5.73 Å². The summed E-state index contributed by atoms with van der Waals surface area (Å²) in [6.45, 7) is 4.58. The molecular weight excluding hydrogens is 386 g/mol. The van der Waals surface area contributed by atoms with Gasteiger partial charge in [-0.3, -0.25) is 10.3 Å². The van der Waals surface area contributed by atoms with Gasteiger partial charge < -0.3 is 20.4 Å². The number of ether oxygens (including phenoxy) is 1. The first kappa shape index (κ1) is 20.1. The van der Waals surface area contributed by atoms with Gasteiger partial charge in [0.1, 0.15) is 0 Å². The van der Waals surface area contributed by atoms with Crippen molar-refractivity contribution >= 4 is 16.9 Å². The summed E-state index contributed by atoms with van der Waals surface area (Å²) in [7, 11) is 0. The molecule has 5 rings (SSSR count). The van der Waals surface area contributed by atoms with Crippen molar-refractivity contribution in [1.29, 1.82) is 5.41 Å². The average Bonchev–Trinajstić information content (AvgIpc) is 3.20. The van der Waals surface area contributed by atoms with E-state index < -0.39 is 0 Å². The molecule has 0 saturated carbocycles. The number of piperidine rings is 1. The minimum Gasteiger partial charge on any atom is -0.370 e. The summed E-state index contributed by atoms with van der Waals surface area (Å²) in [4.78, 5) is 7.95. The number of H-pyrrole nitrogens is 1. The van der Waals surface area contributed by atoms with E-state index in [0.717, 1.165) is 51.0 Å². The van der Waals surface area contributed by atoms with Gasteiger partial charge in [0.15, 0.2) is 12.2 Å². The second-order valence-electron chi connectivity index (χ2n) is 8.81. The lowest BCUT2D eigenvalue weighted by atomic mass is 9.96. The topological polar surface area (TPSA) is 81.4 Å². The summed E-state index contributed by atoms with van der Waals surface area (Å²) < 4.78 is 6.40. The fraction of sp³-hybridized carbons (Fsp3) is 0.400. The van der Waals surface area contributed by atoms with Crippen molar-refractivity contribution in [2.24, 2.45) is 11.7 Å². The van der Waals surface area contributed by atoms with Crippen molar-refractivity contribution in [3.8, 4) is 0 Å². The van der Waals surface area contributed by atoms with Gasteiger partial charge in [-0.05, 0) is 61.4 Å². The maximum absolute atomic E-state index is 7.97. The van der Waals surface area contributed by atoms with E-state index in [-0.39, 0.29) is 12.2 Å². The molecule has 1 fully saturated rings. The van der Waals surface area contributed by atoms with Gasteiger partial charge in [-0.15, -0.1) is 0 Å². The van der Waals surface area contributed by atoms with Gasteiger partial charge in [0, 0.05) is 29.9 Å². The molecule has 2 aliphatic rings. The quantitative estimate of drug-likeness (QED) is 0.435. The Morgan fingerprint density at radius 2 is 1.84 bits per heavy atom. The number of hydrogen-bond acceptors (Lipinski definition) is 3. The summed E-state index contributed by atoms with van der Waals surface area (Å²) in [6, 6.07) is 19.1. The number of aromatic amines is 1. The summed E-state index contributed by atoms with van der Waals surface area (Å²) >= 11 is 0. The molecule has 31 heavy (non-hydrogen) atoms. The first-order valence-electron chi connectivity index (χ1n) is 11.3. The molecule has 2 aromatic carbocycles. The van der Waals surface area contributed by atoms with Gasteiger partial charge in [-0.2, -0.15) is 0 Å². The highest BCUT2D eigenvalue weighted by atomic mass is 16.5. The highest BCUT2D eigenvalue weighted by Gasteiger charge is 2.30. The minimum absolute atomic E-state index is 0.0904. The number of hydrogen-bond donors (Lipinski definition) is 3. The molecule has 1 aromatic heterocycles. The molecule has 162 valence electrons. The van der Waals surface area contributed by atoms with Crippen molar-refractivity contribution in [1.82, 2.24) is 14.8 Å². The van der Waals surface area contributed by atoms with Crippen LogP contribution in [-0.4, -0.2) is 47.0 Å². The number of benzene rings is 2. The molecule has 0 aliphatic carbocycles. The summed E-state index contributed by atoms with van der Waals surface area (Å²) in [5.74, 6) is 0.634. The van der Waals surface area contributed by atoms with Crippen LogP contribution in [0.5, 0.6) is 0 Å². The zero-order valence-corrected chi connectivity index (χ0v) is 17.9. The molecule has 0 bridgehead atoms. The SMILES string of the molecule is N=C(N)N1CCc2ccccc2C1OCC1CCN(Cc2cc3ccccc3[nH]2)CC1. The molecule has 3 heterocycles. The summed E-state index contributed by atoms with van der Waals surface area (Å²) in [6.07, 6.45) is 2.93. The van der Waals surface area contributed by atoms with E-state index in [0.29, 0.717) is 12.5 Å². The highest BCUT2D eigenvalue weighted by molar-refractivity contribution is 5.80. The number of likely N-dealkylation sites (tertiary alicyclic amines) is 1. The lowest BCUT2D eigenvalue weighted by molar-refractivity contribution is -0.0578. The zero-order valence-electron chi connectivity index (χ0n) is 17.9. The lowest BCUT2D eigenvalue weighted by Crippen LogP contribution is -2.45. The molecule has 3 aromatic rings. The molecule has 1 saturated heterocycles. The molecule has 6 nitrogen and oxygen atoms in total. The number of para-hydroxylation sites is 1. The van der Waals surface area contributed by atoms with Crippen LogP contribution in [0.2, 0.25) is 0 Å². The Morgan fingerprint density at radius 3 is 2.65 bits per heavy atom. The predicted octanol–water partition coefficient (Wildman–Crippen LogP) is 3.85. The molecule has 6 heteroatoms. The zero-order chi connectivity index (χ0) is 21.2. The van der Waals surface area contributed by atoms with Crippen molar-refractivity contribution < 1.29 is 4.74 Å². The molecule has 4 N–H and O–H groups in total. The first-order valence-corrected chi connectivity index (χ1v) is 11.3. The van der Waals surface area contributed by atoms with Crippen LogP contribution in [0.3, 0.4) is 0 Å². The second kappa shape index (κ2) is 8.73. The highest BCUT2D eigenvalue weighted by Crippen LogP contribution is 2.32. The number of nitrogens with one attached hydrogen (secondary N) is 2. The molecule has 2 aliphatic heterocycles. The van der Waals surface area contributed by atoms with Crippen LogP contribution in [0.25, 0.3) is 10.9 Å². The van der Waals surface area contributed by atoms with E-state index in [2.05, 4.69) is 58.4 Å². The number of rotatable bonds is 5. The molecular formula is C25H31N5O. The van der Waals surface area contributed by atoms with Crippen LogP contribution in [-0.2, 0) is 17.7 Å². The van der Waals surface area contributed by atoms with Gasteiger partial charge in [0.2, 0.25) is 0 Å². The predicted molar refractivity (Wildman–Crippen MR) is 124 cm³/mol. The fourth-order valence-electron chi connectivity index (χ4n) is 4.95. The second-order valence-corrected chi connectivity index (χ2v) is 8.81. The molecule has 1 unspecified atom stereocenters. The summed E-state index contributed by atoms with van der Waals surface area (Å²) in [5.41, 5.74) is 10.8. The lowest BCUT2D eigenvalue weighted by Gasteiger charge is -2.38. The minimum atomic E-state index is -0.244. The van der Waals surface area contributed by atoms with Gasteiger partial charge in [-0.25, -0.2) is 0 Å². The standard InChI is InChI=1S/C25H31N5O/c26-25(27)30-14-11-19-5-1-3-7-22(19)24(30)31-17-18-9-12-29(13-10-18)16-21-15-20-6-2-4-8-23(20)28-21/h1-8,15,18,24,28H,9-14,16-17H2,(H3,26,27). The summed E-state index contributed by atoms with van der Waals surface area (Å²) in [5, 5.41) is 9.25. The normalized spacial score (nSPS) is 20.1. The molecule has 0 spiro atoms. The number of guanidine groups is 1. The van der Waals surface area contributed by atoms with Crippen molar-refractivity contribution in [2.45, 2.75) is 32.0 Å². The van der Waals surface area contributed by atoms with Gasteiger partial charge >= 0.3 is 0 Å². The number of fused-ring (bicyclic) bond motifs is 2. The Hall–Kier alpha value is -2.83. The Kier molecular flexibility index (Phi) is 5.66. The third-order valence-corrected chi connectivity index (χ3v) is 6.71. The van der Waals surface area contributed by atoms with Crippen LogP contribution in [0.1, 0.15) is 35.9 Å². The van der Waals surface area contributed by atoms with E-state index in [1.54, 1.807) is 0 Å². The first-order chi connectivity index (χ1) is 15.2. The maximum atomic E-state index is 7.97. The Bertz CT molecular complexity index is 1020. The maximum Gasteiger partial charge on any atom is 0.190 e. The number of nitrogens with zero attached hydrogens (tertiary/aromatic N) is 2. The molecule has 0 amide bonds. The van der Waals surface area contributed by atoms with Crippen molar-refractivity contribution in [3.63, 3.8) is 0 Å². The van der Waals surface area contributed by atoms with Crippen LogP contribution in [0.4, 0.5) is 0 Å². The van der Waals surface area contributed by atoms with Crippen molar-refractivity contribution in [3.05, 3.63) is 71.4 Å². The molecule has 1 atom stereocenters. The van der Waals surface area contributed by atoms with Gasteiger partial charge in [0.05, 0.1) is 6.61 Å². The van der Waals surface area contributed by atoms with E-state index in [1.165, 1.54) is 22.2 Å². The van der Waals surface area contributed by atoms with Gasteiger partial charge in [-0.1, -0.05) is 42.5 Å². The smallest absolute Gasteiger partial charge is 0.190 e. The largest absolute Gasteiger partial charge is 0.370 e. The Balaban J connectivity index is 1.16. The van der Waals surface area contributed by atoms with E-state index >= 15 is 0 Å². The Morgan fingerprint density at radius 1 is 1.06 bits per heavy atom. The Labute approximate surface area is 183 Å². The number of nitrogens with two attached hydrogens (primary N) is 1. The van der Waals surface area contributed by atoms with Crippen molar-refractivity contribution in [2.75, 3.05) is 26.2 Å². The van der Waals surface area contributed by atoms with E-state index in [4.69, 9.17) is 15.9 Å². The van der Waals surface area contributed by atoms with E-state index in [1.807, 2.05) is 11.0 Å².